The van der Waals surface area contributed by atoms with Gasteiger partial charge in [0.25, 0.3) is 0 Å². The molecule has 0 aliphatic carbocycles. The van der Waals surface area contributed by atoms with Crippen LogP contribution in [0.2, 0.25) is 4.34 Å². The van der Waals surface area contributed by atoms with Gasteiger partial charge in [0.1, 0.15) is 0 Å². The number of nitrogens with zero attached hydrogens (tertiary/aromatic N) is 1. The van der Waals surface area contributed by atoms with E-state index in [1.54, 1.807) is 11.3 Å². The Bertz CT molecular complexity index is 405. The summed E-state index contributed by atoms with van der Waals surface area (Å²) < 4.78 is 0.782. The molecule has 3 nitrogen and oxygen atoms in total. The lowest BCUT2D eigenvalue weighted by molar-refractivity contribution is -0.134. The molecule has 6 heteroatoms. The number of amides is 1. The molecule has 0 spiro atoms. The maximum absolute atomic E-state index is 12.4. The quantitative estimate of drug-likeness (QED) is 0.922. The summed E-state index contributed by atoms with van der Waals surface area (Å²) >= 11 is 7.46. The molecular formula is C13H20Cl2N2OS. The van der Waals surface area contributed by atoms with Crippen molar-refractivity contribution in [2.45, 2.75) is 38.8 Å². The average molecular weight is 323 g/mol. The minimum atomic E-state index is 0. The van der Waals surface area contributed by atoms with Crippen molar-refractivity contribution in [2.75, 3.05) is 13.1 Å². The minimum Gasteiger partial charge on any atom is -0.336 e. The Labute approximate surface area is 129 Å². The summed E-state index contributed by atoms with van der Waals surface area (Å²) in [5.41, 5.74) is 0. The predicted molar refractivity (Wildman–Crippen MR) is 83.3 cm³/mol. The molecule has 1 aliphatic rings. The molecule has 2 rings (SSSR count). The molecule has 0 radical (unpaired) electrons. The van der Waals surface area contributed by atoms with Gasteiger partial charge in [0.15, 0.2) is 0 Å². The summed E-state index contributed by atoms with van der Waals surface area (Å²) in [6.45, 7) is 4.40. The molecule has 0 bridgehead atoms. The number of nitrogens with one attached hydrogen (secondary N) is 1. The smallest absolute Gasteiger partial charge is 0.240 e. The van der Waals surface area contributed by atoms with E-state index in [0.717, 1.165) is 35.1 Å². The van der Waals surface area contributed by atoms with E-state index in [9.17, 15) is 4.79 Å². The number of carbonyl (C=O) groups is 1. The second-order valence-electron chi connectivity index (χ2n) is 4.56. The van der Waals surface area contributed by atoms with Crippen LogP contribution in [0.15, 0.2) is 12.1 Å². The SMILES string of the molecule is CCN(Cc1ccc(Cl)s1)C(=O)C1CCCCN1.Cl. The lowest BCUT2D eigenvalue weighted by atomic mass is 10.0. The van der Waals surface area contributed by atoms with Gasteiger partial charge in [-0.15, -0.1) is 23.7 Å². The molecule has 1 N–H and O–H groups in total. The lowest BCUT2D eigenvalue weighted by Crippen LogP contribution is -2.48. The zero-order valence-corrected chi connectivity index (χ0v) is 13.4. The second-order valence-corrected chi connectivity index (χ2v) is 6.36. The molecule has 1 saturated heterocycles. The third kappa shape index (κ3) is 4.63. The first-order valence-electron chi connectivity index (χ1n) is 6.47. The van der Waals surface area contributed by atoms with Crippen LogP contribution in [0.25, 0.3) is 0 Å². The minimum absolute atomic E-state index is 0. The maximum Gasteiger partial charge on any atom is 0.240 e. The molecule has 19 heavy (non-hydrogen) atoms. The van der Waals surface area contributed by atoms with Crippen molar-refractivity contribution < 1.29 is 4.79 Å². The van der Waals surface area contributed by atoms with Crippen LogP contribution in [0.3, 0.4) is 0 Å². The Balaban J connectivity index is 0.00000180. The standard InChI is InChI=1S/C13H19ClN2OS.ClH/c1-2-16(9-10-6-7-12(14)18-10)13(17)11-5-3-4-8-15-11;/h6-7,11,15H,2-5,8-9H2,1H3;1H. The molecule has 0 saturated carbocycles. The van der Waals surface area contributed by atoms with E-state index in [4.69, 9.17) is 11.6 Å². The van der Waals surface area contributed by atoms with Crippen molar-refractivity contribution in [2.24, 2.45) is 0 Å². The largest absolute Gasteiger partial charge is 0.336 e. The van der Waals surface area contributed by atoms with Gasteiger partial charge in [-0.3, -0.25) is 4.79 Å². The molecule has 0 aromatic carbocycles. The van der Waals surface area contributed by atoms with Gasteiger partial charge in [0.05, 0.1) is 16.9 Å². The number of thiophene rings is 1. The van der Waals surface area contributed by atoms with Crippen molar-refractivity contribution in [3.8, 4) is 0 Å². The number of piperidine rings is 1. The van der Waals surface area contributed by atoms with Crippen LogP contribution >= 0.6 is 35.3 Å². The van der Waals surface area contributed by atoms with Gasteiger partial charge in [-0.1, -0.05) is 18.0 Å². The van der Waals surface area contributed by atoms with Crippen LogP contribution in [-0.4, -0.2) is 29.9 Å². The topological polar surface area (TPSA) is 32.3 Å². The summed E-state index contributed by atoms with van der Waals surface area (Å²) in [5.74, 6) is 0.224. The van der Waals surface area contributed by atoms with Gasteiger partial charge in [-0.05, 0) is 38.4 Å². The number of likely N-dealkylation sites (N-methyl/N-ethyl adjacent to an activating group) is 1. The molecule has 1 atom stereocenters. The maximum atomic E-state index is 12.4. The fourth-order valence-corrected chi connectivity index (χ4v) is 3.36. The van der Waals surface area contributed by atoms with Crippen LogP contribution in [0.1, 0.15) is 31.1 Å². The zero-order chi connectivity index (χ0) is 13.0. The fraction of sp³-hybridized carbons (Fsp3) is 0.615. The Morgan fingerprint density at radius 3 is 2.84 bits per heavy atom. The molecule has 2 heterocycles. The number of hydrogen-bond donors (Lipinski definition) is 1. The van der Waals surface area contributed by atoms with Crippen molar-refractivity contribution in [3.63, 3.8) is 0 Å². The molecule has 108 valence electrons. The molecular weight excluding hydrogens is 303 g/mol. The van der Waals surface area contributed by atoms with E-state index < -0.39 is 0 Å². The third-order valence-electron chi connectivity index (χ3n) is 3.28. The first kappa shape index (κ1) is 16.8. The highest BCUT2D eigenvalue weighted by Gasteiger charge is 2.25. The Morgan fingerprint density at radius 1 is 1.53 bits per heavy atom. The summed E-state index contributed by atoms with van der Waals surface area (Å²) in [4.78, 5) is 15.4. The Hall–Kier alpha value is -0.290. The van der Waals surface area contributed by atoms with Crippen molar-refractivity contribution in [3.05, 3.63) is 21.3 Å². The van der Waals surface area contributed by atoms with Gasteiger partial charge < -0.3 is 10.2 Å². The molecule has 1 amide bonds. The van der Waals surface area contributed by atoms with Crippen molar-refractivity contribution in [1.29, 1.82) is 0 Å². The van der Waals surface area contributed by atoms with Gasteiger partial charge in [0, 0.05) is 11.4 Å². The molecule has 1 aromatic rings. The van der Waals surface area contributed by atoms with Crippen LogP contribution in [-0.2, 0) is 11.3 Å². The Kier molecular flexibility index (Phi) is 7.15. The van der Waals surface area contributed by atoms with E-state index in [0.29, 0.717) is 6.54 Å². The molecule has 1 aliphatic heterocycles. The lowest BCUT2D eigenvalue weighted by Gasteiger charge is -2.29. The number of rotatable bonds is 4. The van der Waals surface area contributed by atoms with Gasteiger partial charge in [0.2, 0.25) is 5.91 Å². The highest BCUT2D eigenvalue weighted by atomic mass is 35.5. The number of halogens is 2. The fourth-order valence-electron chi connectivity index (χ4n) is 2.25. The van der Waals surface area contributed by atoms with Crippen LogP contribution in [0.5, 0.6) is 0 Å². The van der Waals surface area contributed by atoms with Crippen LogP contribution < -0.4 is 5.32 Å². The first-order valence-corrected chi connectivity index (χ1v) is 7.66. The van der Waals surface area contributed by atoms with Crippen molar-refractivity contribution in [1.82, 2.24) is 10.2 Å². The average Bonchev–Trinajstić information content (AvgIpc) is 2.82. The summed E-state index contributed by atoms with van der Waals surface area (Å²) in [6, 6.07) is 3.89. The van der Waals surface area contributed by atoms with E-state index in [-0.39, 0.29) is 24.4 Å². The number of hydrogen-bond acceptors (Lipinski definition) is 3. The second kappa shape index (κ2) is 8.10. The monoisotopic (exact) mass is 322 g/mol. The molecule has 1 aromatic heterocycles. The summed E-state index contributed by atoms with van der Waals surface area (Å²) in [7, 11) is 0. The molecule has 1 unspecified atom stereocenters. The van der Waals surface area contributed by atoms with E-state index in [2.05, 4.69) is 5.32 Å². The van der Waals surface area contributed by atoms with Gasteiger partial charge in [-0.2, -0.15) is 0 Å². The van der Waals surface area contributed by atoms with Crippen molar-refractivity contribution >= 4 is 41.3 Å². The van der Waals surface area contributed by atoms with E-state index in [1.807, 2.05) is 24.0 Å². The van der Waals surface area contributed by atoms with Crippen LogP contribution in [0.4, 0.5) is 0 Å². The van der Waals surface area contributed by atoms with Gasteiger partial charge >= 0.3 is 0 Å². The number of carbonyl (C=O) groups excluding carboxylic acids is 1. The first-order chi connectivity index (χ1) is 8.70. The van der Waals surface area contributed by atoms with E-state index in [1.165, 1.54) is 6.42 Å². The molecule has 1 fully saturated rings. The van der Waals surface area contributed by atoms with E-state index >= 15 is 0 Å². The normalized spacial score (nSPS) is 18.7. The Morgan fingerprint density at radius 2 is 2.32 bits per heavy atom. The third-order valence-corrected chi connectivity index (χ3v) is 4.49. The summed E-state index contributed by atoms with van der Waals surface area (Å²) in [5, 5.41) is 3.31. The predicted octanol–water partition coefficient (Wildman–Crippen LogP) is 3.31. The highest BCUT2D eigenvalue weighted by Crippen LogP contribution is 2.23. The summed E-state index contributed by atoms with van der Waals surface area (Å²) in [6.07, 6.45) is 3.28. The van der Waals surface area contributed by atoms with Gasteiger partial charge in [-0.25, -0.2) is 0 Å². The highest BCUT2D eigenvalue weighted by molar-refractivity contribution is 7.16. The zero-order valence-electron chi connectivity index (χ0n) is 11.0. The van der Waals surface area contributed by atoms with Crippen LogP contribution in [0, 0.1) is 0 Å².